The molecule has 3 heterocycles. The van der Waals surface area contributed by atoms with Gasteiger partial charge in [-0.2, -0.15) is 9.40 Å². The molecule has 1 fully saturated rings. The largest absolute Gasteiger partial charge is 0.471 e. The van der Waals surface area contributed by atoms with E-state index < -0.39 is 10.0 Å². The maximum Gasteiger partial charge on any atom is 0.274 e. The second-order valence-electron chi connectivity index (χ2n) is 6.91. The number of aryl methyl sites for hydroxylation is 1. The summed E-state index contributed by atoms with van der Waals surface area (Å²) in [6.07, 6.45) is 1.70. The van der Waals surface area contributed by atoms with Crippen molar-refractivity contribution in [1.82, 2.24) is 19.0 Å². The molecule has 3 aromatic rings. The number of para-hydroxylation sites is 1. The van der Waals surface area contributed by atoms with Crippen molar-refractivity contribution >= 4 is 27.3 Å². The van der Waals surface area contributed by atoms with Crippen molar-refractivity contribution < 1.29 is 17.9 Å². The van der Waals surface area contributed by atoms with Gasteiger partial charge in [0.05, 0.1) is 0 Å². The minimum Gasteiger partial charge on any atom is -0.471 e. The lowest BCUT2D eigenvalue weighted by Gasteiger charge is -2.33. The van der Waals surface area contributed by atoms with Crippen LogP contribution in [0.1, 0.15) is 16.1 Å². The summed E-state index contributed by atoms with van der Waals surface area (Å²) in [7, 11) is -3.49. The van der Waals surface area contributed by atoms with E-state index in [1.807, 2.05) is 31.2 Å². The van der Waals surface area contributed by atoms with Crippen LogP contribution < -0.4 is 4.74 Å². The molecule has 0 radical (unpaired) electrons. The quantitative estimate of drug-likeness (QED) is 0.581. The SMILES string of the molecule is Cc1ccccc1OCn1ccc(C(=O)N2CCN(S(=O)(=O)c3cccs3)CC2)n1. The van der Waals surface area contributed by atoms with Crippen LogP contribution in [0.5, 0.6) is 5.75 Å². The van der Waals surface area contributed by atoms with Gasteiger partial charge in [-0.15, -0.1) is 11.3 Å². The molecule has 1 amide bonds. The lowest BCUT2D eigenvalue weighted by atomic mass is 10.2. The van der Waals surface area contributed by atoms with E-state index in [2.05, 4.69) is 5.10 Å². The van der Waals surface area contributed by atoms with Crippen LogP contribution in [0.25, 0.3) is 0 Å². The summed E-state index contributed by atoms with van der Waals surface area (Å²) in [4.78, 5) is 14.4. The number of aromatic nitrogens is 2. The van der Waals surface area contributed by atoms with Crippen LogP contribution in [0, 0.1) is 6.92 Å². The standard InChI is InChI=1S/C20H22N4O4S2/c1-16-5-2-3-6-18(16)28-15-23-9-8-17(21-23)20(25)22-10-12-24(13-11-22)30(26,27)19-7-4-14-29-19/h2-9,14H,10-13,15H2,1H3. The van der Waals surface area contributed by atoms with Crippen molar-refractivity contribution in [1.29, 1.82) is 0 Å². The molecule has 4 rings (SSSR count). The summed E-state index contributed by atoms with van der Waals surface area (Å²) in [6.45, 7) is 3.36. The molecule has 10 heteroatoms. The first-order valence-corrected chi connectivity index (χ1v) is 11.8. The third-order valence-corrected chi connectivity index (χ3v) is 8.19. The Kier molecular flexibility index (Phi) is 5.89. The van der Waals surface area contributed by atoms with Gasteiger partial charge in [0.25, 0.3) is 15.9 Å². The highest BCUT2D eigenvalue weighted by molar-refractivity contribution is 7.91. The molecule has 0 atom stereocenters. The van der Waals surface area contributed by atoms with Gasteiger partial charge in [0, 0.05) is 32.4 Å². The highest BCUT2D eigenvalue weighted by Gasteiger charge is 2.31. The monoisotopic (exact) mass is 446 g/mol. The molecule has 1 aromatic carbocycles. The Bertz CT molecular complexity index is 1120. The first-order chi connectivity index (χ1) is 14.4. The molecule has 0 saturated carbocycles. The molecule has 1 aliphatic rings. The van der Waals surface area contributed by atoms with Crippen molar-refractivity contribution in [2.24, 2.45) is 0 Å². The summed E-state index contributed by atoms with van der Waals surface area (Å²) in [5, 5.41) is 6.05. The molecule has 0 unspecified atom stereocenters. The van der Waals surface area contributed by atoms with Crippen LogP contribution in [-0.2, 0) is 16.8 Å². The average molecular weight is 447 g/mol. The zero-order valence-electron chi connectivity index (χ0n) is 16.5. The summed E-state index contributed by atoms with van der Waals surface area (Å²) in [5.74, 6) is 0.557. The molecule has 0 spiro atoms. The zero-order chi connectivity index (χ0) is 21.1. The highest BCUT2D eigenvalue weighted by atomic mass is 32.2. The van der Waals surface area contributed by atoms with Crippen molar-refractivity contribution in [3.8, 4) is 5.75 Å². The summed E-state index contributed by atoms with van der Waals surface area (Å²) in [6, 6.07) is 12.7. The third kappa shape index (κ3) is 4.25. The number of carbonyl (C=O) groups excluding carboxylic acids is 1. The number of piperazine rings is 1. The van der Waals surface area contributed by atoms with Crippen molar-refractivity contribution in [2.45, 2.75) is 17.9 Å². The Balaban J connectivity index is 1.34. The van der Waals surface area contributed by atoms with Gasteiger partial charge in [-0.25, -0.2) is 13.1 Å². The summed E-state index contributed by atoms with van der Waals surface area (Å²) < 4.78 is 34.3. The van der Waals surface area contributed by atoms with Crippen LogP contribution in [-0.4, -0.2) is 59.5 Å². The second-order valence-corrected chi connectivity index (χ2v) is 10.0. The molecule has 2 aromatic heterocycles. The average Bonchev–Trinajstić information content (AvgIpc) is 3.45. The van der Waals surface area contributed by atoms with Gasteiger partial charge in [0.1, 0.15) is 9.96 Å². The van der Waals surface area contributed by atoms with Crippen LogP contribution >= 0.6 is 11.3 Å². The van der Waals surface area contributed by atoms with Gasteiger partial charge in [-0.05, 0) is 36.1 Å². The molecule has 0 aliphatic carbocycles. The molecule has 0 N–H and O–H groups in total. The van der Waals surface area contributed by atoms with Gasteiger partial charge >= 0.3 is 0 Å². The van der Waals surface area contributed by atoms with Gasteiger partial charge in [-0.1, -0.05) is 24.3 Å². The predicted molar refractivity (Wildman–Crippen MR) is 113 cm³/mol. The van der Waals surface area contributed by atoms with E-state index in [4.69, 9.17) is 4.74 Å². The normalized spacial score (nSPS) is 15.3. The van der Waals surface area contributed by atoms with E-state index in [0.29, 0.717) is 23.0 Å². The molecule has 158 valence electrons. The minimum atomic E-state index is -3.49. The predicted octanol–water partition coefficient (Wildman–Crippen LogP) is 2.44. The molecular formula is C20H22N4O4S2. The zero-order valence-corrected chi connectivity index (χ0v) is 18.1. The number of amides is 1. The first-order valence-electron chi connectivity index (χ1n) is 9.50. The molecule has 1 saturated heterocycles. The Morgan fingerprint density at radius 2 is 1.87 bits per heavy atom. The molecule has 8 nitrogen and oxygen atoms in total. The van der Waals surface area contributed by atoms with E-state index in [-0.39, 0.29) is 25.7 Å². The molecule has 0 bridgehead atoms. The lowest BCUT2D eigenvalue weighted by Crippen LogP contribution is -2.50. The van der Waals surface area contributed by atoms with E-state index >= 15 is 0 Å². The van der Waals surface area contributed by atoms with Gasteiger partial charge < -0.3 is 9.64 Å². The maximum absolute atomic E-state index is 12.8. The number of thiophene rings is 1. The fourth-order valence-corrected chi connectivity index (χ4v) is 5.80. The van der Waals surface area contributed by atoms with E-state index in [1.54, 1.807) is 39.4 Å². The number of sulfonamides is 1. The van der Waals surface area contributed by atoms with Gasteiger partial charge in [-0.3, -0.25) is 4.79 Å². The van der Waals surface area contributed by atoms with Crippen molar-refractivity contribution in [3.05, 3.63) is 65.3 Å². The topological polar surface area (TPSA) is 84.7 Å². The van der Waals surface area contributed by atoms with Crippen molar-refractivity contribution in [3.63, 3.8) is 0 Å². The molecule has 30 heavy (non-hydrogen) atoms. The lowest BCUT2D eigenvalue weighted by molar-refractivity contribution is 0.0690. The molecule has 1 aliphatic heterocycles. The van der Waals surface area contributed by atoms with Crippen LogP contribution in [0.3, 0.4) is 0 Å². The Hall–Kier alpha value is -2.69. The van der Waals surface area contributed by atoms with Gasteiger partial charge in [0.15, 0.2) is 12.4 Å². The molecular weight excluding hydrogens is 424 g/mol. The van der Waals surface area contributed by atoms with Crippen molar-refractivity contribution in [2.75, 3.05) is 26.2 Å². The summed E-state index contributed by atoms with van der Waals surface area (Å²) in [5.41, 5.74) is 1.34. The maximum atomic E-state index is 12.8. The number of hydrogen-bond donors (Lipinski definition) is 0. The number of nitrogens with zero attached hydrogens (tertiary/aromatic N) is 4. The first kappa shape index (κ1) is 20.6. The Morgan fingerprint density at radius 3 is 2.57 bits per heavy atom. The van der Waals surface area contributed by atoms with Gasteiger partial charge in [0.2, 0.25) is 0 Å². The third-order valence-electron chi connectivity index (χ3n) is 4.92. The fraction of sp³-hybridized carbons (Fsp3) is 0.300. The smallest absolute Gasteiger partial charge is 0.274 e. The number of rotatable bonds is 6. The number of benzene rings is 1. The van der Waals surface area contributed by atoms with Crippen LogP contribution in [0.2, 0.25) is 0 Å². The Morgan fingerprint density at radius 1 is 1.10 bits per heavy atom. The number of carbonyl (C=O) groups is 1. The second kappa shape index (κ2) is 8.58. The minimum absolute atomic E-state index is 0.199. The van der Waals surface area contributed by atoms with E-state index in [0.717, 1.165) is 11.3 Å². The highest BCUT2D eigenvalue weighted by Crippen LogP contribution is 2.22. The van der Waals surface area contributed by atoms with Crippen LogP contribution in [0.4, 0.5) is 0 Å². The Labute approximate surface area is 179 Å². The number of ether oxygens (including phenoxy) is 1. The number of hydrogen-bond acceptors (Lipinski definition) is 6. The summed E-state index contributed by atoms with van der Waals surface area (Å²) >= 11 is 1.20. The van der Waals surface area contributed by atoms with E-state index in [1.165, 1.54) is 15.6 Å². The fourth-order valence-electron chi connectivity index (χ4n) is 3.23. The van der Waals surface area contributed by atoms with Crippen LogP contribution in [0.15, 0.2) is 58.3 Å². The van der Waals surface area contributed by atoms with E-state index in [9.17, 15) is 13.2 Å².